The minimum absolute atomic E-state index is 0.0141. The predicted octanol–water partition coefficient (Wildman–Crippen LogP) is 2.38. The molecule has 6 heteroatoms. The highest BCUT2D eigenvalue weighted by molar-refractivity contribution is 5.82. The Morgan fingerprint density at radius 2 is 1.95 bits per heavy atom. The minimum Gasteiger partial charge on any atom is -0.492 e. The molecule has 0 saturated carbocycles. The number of carbonyl (C=O) groups excluding carboxylic acids is 2. The van der Waals surface area contributed by atoms with Gasteiger partial charge >= 0.3 is 12.1 Å². The van der Waals surface area contributed by atoms with Crippen LogP contribution in [0.5, 0.6) is 0 Å². The molecule has 0 aromatic heterocycles. The Kier molecular flexibility index (Phi) is 5.63. The van der Waals surface area contributed by atoms with Crippen LogP contribution in [0.1, 0.15) is 41.0 Å². The molecule has 0 radical (unpaired) electrons. The summed E-state index contributed by atoms with van der Waals surface area (Å²) in [5.41, 5.74) is -0.537. The van der Waals surface area contributed by atoms with Crippen molar-refractivity contribution in [1.82, 2.24) is 5.32 Å². The zero-order valence-electron chi connectivity index (χ0n) is 13.6. The molecule has 3 atom stereocenters. The highest BCUT2D eigenvalue weighted by Gasteiger charge is 2.33. The smallest absolute Gasteiger partial charge is 0.408 e. The first kappa shape index (κ1) is 17.3. The van der Waals surface area contributed by atoms with E-state index in [1.54, 1.807) is 0 Å². The first-order chi connectivity index (χ1) is 9.62. The van der Waals surface area contributed by atoms with E-state index in [0.717, 1.165) is 0 Å². The van der Waals surface area contributed by atoms with Crippen molar-refractivity contribution >= 4 is 12.1 Å². The normalized spacial score (nSPS) is 27.7. The van der Waals surface area contributed by atoms with Gasteiger partial charge in [0.25, 0.3) is 0 Å². The molecule has 21 heavy (non-hydrogen) atoms. The fraction of sp³-hybridized carbons (Fsp3) is 0.733. The van der Waals surface area contributed by atoms with E-state index in [2.05, 4.69) is 10.1 Å². The van der Waals surface area contributed by atoms with Crippen molar-refractivity contribution in [3.8, 4) is 0 Å². The van der Waals surface area contributed by atoms with Gasteiger partial charge in [-0.15, -0.1) is 0 Å². The summed E-state index contributed by atoms with van der Waals surface area (Å²) >= 11 is 0. The monoisotopic (exact) mass is 299 g/mol. The van der Waals surface area contributed by atoms with Crippen molar-refractivity contribution in [2.24, 2.45) is 5.92 Å². The van der Waals surface area contributed by atoms with Crippen LogP contribution in [-0.2, 0) is 19.0 Å². The van der Waals surface area contributed by atoms with Crippen molar-refractivity contribution in [2.45, 2.75) is 58.8 Å². The summed E-state index contributed by atoms with van der Waals surface area (Å²) in [6.07, 6.45) is 1.31. The molecule has 1 saturated heterocycles. The number of hydrogen-bond donors (Lipinski definition) is 1. The zero-order chi connectivity index (χ0) is 16.2. The maximum atomic E-state index is 11.8. The average Bonchev–Trinajstić information content (AvgIpc) is 2.32. The first-order valence-electron chi connectivity index (χ1n) is 7.08. The summed E-state index contributed by atoms with van der Waals surface area (Å²) in [5.74, 6) is 0.152. The number of carbonyl (C=O) groups is 2. The number of esters is 1. The molecular formula is C15H25NO5. The summed E-state index contributed by atoms with van der Waals surface area (Å²) < 4.78 is 15.5. The second-order valence-electron chi connectivity index (χ2n) is 6.28. The molecule has 6 nitrogen and oxygen atoms in total. The van der Waals surface area contributed by atoms with Crippen molar-refractivity contribution in [2.75, 3.05) is 7.11 Å². The number of allylic oxidation sites excluding steroid dienone is 1. The molecule has 0 aromatic rings. The van der Waals surface area contributed by atoms with Crippen LogP contribution in [0.25, 0.3) is 0 Å². The molecular weight excluding hydrogens is 274 g/mol. The fourth-order valence-corrected chi connectivity index (χ4v) is 2.09. The van der Waals surface area contributed by atoms with Gasteiger partial charge in [-0.3, -0.25) is 0 Å². The maximum absolute atomic E-state index is 11.8. The van der Waals surface area contributed by atoms with Crippen LogP contribution in [0.3, 0.4) is 0 Å². The van der Waals surface area contributed by atoms with Gasteiger partial charge in [-0.05, 0) is 34.1 Å². The number of nitrogens with one attached hydrogen (secondary N) is 1. The third-order valence-corrected chi connectivity index (χ3v) is 3.15. The Hall–Kier alpha value is -1.72. The molecule has 1 rings (SSSR count). The van der Waals surface area contributed by atoms with Crippen LogP contribution < -0.4 is 5.32 Å². The van der Waals surface area contributed by atoms with E-state index in [0.29, 0.717) is 12.2 Å². The predicted molar refractivity (Wildman–Crippen MR) is 77.6 cm³/mol. The Bertz CT molecular complexity index is 424. The molecule has 1 aliphatic rings. The van der Waals surface area contributed by atoms with E-state index in [4.69, 9.17) is 9.47 Å². The van der Waals surface area contributed by atoms with Crippen LogP contribution in [0.4, 0.5) is 4.79 Å². The summed E-state index contributed by atoms with van der Waals surface area (Å²) in [6.45, 7) is 9.22. The van der Waals surface area contributed by atoms with Gasteiger partial charge in [0, 0.05) is 5.92 Å². The molecule has 1 fully saturated rings. The van der Waals surface area contributed by atoms with E-state index in [1.807, 2.05) is 34.6 Å². The Morgan fingerprint density at radius 1 is 1.33 bits per heavy atom. The SMILES string of the molecule is COC(=O)/C=C1\O[C@H](C)[C@H](NC(=O)OC(C)(C)C)C[C@H]1C. The molecule has 0 aliphatic carbocycles. The maximum Gasteiger partial charge on any atom is 0.408 e. The van der Waals surface area contributed by atoms with Gasteiger partial charge < -0.3 is 19.5 Å². The van der Waals surface area contributed by atoms with Gasteiger partial charge in [0.1, 0.15) is 17.5 Å². The Labute approximate surface area is 125 Å². The van der Waals surface area contributed by atoms with E-state index < -0.39 is 17.7 Å². The van der Waals surface area contributed by atoms with E-state index in [9.17, 15) is 9.59 Å². The van der Waals surface area contributed by atoms with E-state index in [1.165, 1.54) is 13.2 Å². The lowest BCUT2D eigenvalue weighted by Gasteiger charge is -2.36. The molecule has 0 unspecified atom stereocenters. The minimum atomic E-state index is -0.537. The van der Waals surface area contributed by atoms with Gasteiger partial charge in [-0.2, -0.15) is 0 Å². The van der Waals surface area contributed by atoms with Crippen molar-refractivity contribution in [3.63, 3.8) is 0 Å². The first-order valence-corrected chi connectivity index (χ1v) is 7.08. The third-order valence-electron chi connectivity index (χ3n) is 3.15. The van der Waals surface area contributed by atoms with Gasteiger partial charge in [0.15, 0.2) is 0 Å². The third kappa shape index (κ3) is 5.65. The molecule has 0 bridgehead atoms. The molecule has 1 aliphatic heterocycles. The lowest BCUT2D eigenvalue weighted by atomic mass is 9.93. The number of methoxy groups -OCH3 is 1. The molecule has 0 aromatic carbocycles. The number of amides is 1. The van der Waals surface area contributed by atoms with E-state index in [-0.39, 0.29) is 18.1 Å². The standard InChI is InChI=1S/C15H25NO5/c1-9-7-11(16-14(18)21-15(3,4)5)10(2)20-12(9)8-13(17)19-6/h8-11H,7H2,1-6H3,(H,16,18)/b12-8-/t9-,10-,11-/m1/s1. The quantitative estimate of drug-likeness (QED) is 0.626. The average molecular weight is 299 g/mol. The Balaban J connectivity index is 2.64. The van der Waals surface area contributed by atoms with Crippen LogP contribution >= 0.6 is 0 Å². The second-order valence-corrected chi connectivity index (χ2v) is 6.28. The highest BCUT2D eigenvalue weighted by Crippen LogP contribution is 2.28. The molecule has 1 heterocycles. The van der Waals surface area contributed by atoms with Crippen molar-refractivity contribution in [1.29, 1.82) is 0 Å². The molecule has 1 amide bonds. The highest BCUT2D eigenvalue weighted by atomic mass is 16.6. The topological polar surface area (TPSA) is 73.9 Å². The zero-order valence-corrected chi connectivity index (χ0v) is 13.6. The van der Waals surface area contributed by atoms with E-state index >= 15 is 0 Å². The summed E-state index contributed by atoms with van der Waals surface area (Å²) in [5, 5.41) is 2.81. The fourth-order valence-electron chi connectivity index (χ4n) is 2.09. The van der Waals surface area contributed by atoms with Gasteiger partial charge in [0.05, 0.1) is 19.2 Å². The summed E-state index contributed by atoms with van der Waals surface area (Å²) in [7, 11) is 1.32. The number of hydrogen-bond acceptors (Lipinski definition) is 5. The lowest BCUT2D eigenvalue weighted by molar-refractivity contribution is -0.135. The largest absolute Gasteiger partial charge is 0.492 e. The van der Waals surface area contributed by atoms with Gasteiger partial charge in [-0.1, -0.05) is 6.92 Å². The second kappa shape index (κ2) is 6.83. The lowest BCUT2D eigenvalue weighted by Crippen LogP contribution is -2.48. The van der Waals surface area contributed by atoms with Crippen molar-refractivity contribution < 1.29 is 23.8 Å². The Morgan fingerprint density at radius 3 is 2.48 bits per heavy atom. The van der Waals surface area contributed by atoms with Crippen LogP contribution in [0, 0.1) is 5.92 Å². The van der Waals surface area contributed by atoms with Gasteiger partial charge in [0.2, 0.25) is 0 Å². The van der Waals surface area contributed by atoms with Crippen LogP contribution in [-0.4, -0.2) is 36.9 Å². The summed E-state index contributed by atoms with van der Waals surface area (Å²) in [4.78, 5) is 23.1. The molecule has 1 N–H and O–H groups in total. The number of rotatable bonds is 2. The van der Waals surface area contributed by atoms with Crippen LogP contribution in [0.2, 0.25) is 0 Å². The molecule has 120 valence electrons. The van der Waals surface area contributed by atoms with Gasteiger partial charge in [-0.25, -0.2) is 9.59 Å². The summed E-state index contributed by atoms with van der Waals surface area (Å²) in [6, 6.07) is -0.162. The number of ether oxygens (including phenoxy) is 3. The van der Waals surface area contributed by atoms with Crippen LogP contribution in [0.15, 0.2) is 11.8 Å². The molecule has 0 spiro atoms. The number of alkyl carbamates (subject to hydrolysis) is 1. The van der Waals surface area contributed by atoms with Crippen molar-refractivity contribution in [3.05, 3.63) is 11.8 Å².